The molecule has 0 saturated carbocycles. The standard InChI is InChI=1S/C19H24N2O3S/c1-21(2)13-14-24-19-10-8-18(9-11-19)16-20-25(22,23)15-12-17-6-4-3-5-7-17/h3-12,15,20H,13-14,16H2,1-2H3/b15-12+. The third-order valence-corrected chi connectivity index (χ3v) is 4.49. The summed E-state index contributed by atoms with van der Waals surface area (Å²) < 4.78 is 32.2. The van der Waals surface area contributed by atoms with Crippen LogP contribution in [0.2, 0.25) is 0 Å². The quantitative estimate of drug-likeness (QED) is 0.747. The molecule has 2 aromatic carbocycles. The molecular weight excluding hydrogens is 336 g/mol. The Bertz CT molecular complexity index is 770. The Morgan fingerprint density at radius 3 is 2.36 bits per heavy atom. The molecule has 0 heterocycles. The third kappa shape index (κ3) is 7.51. The van der Waals surface area contributed by atoms with E-state index in [0.717, 1.165) is 23.4 Å². The predicted molar refractivity (Wildman–Crippen MR) is 102 cm³/mol. The molecule has 0 spiro atoms. The van der Waals surface area contributed by atoms with Gasteiger partial charge in [-0.1, -0.05) is 42.5 Å². The first-order chi connectivity index (χ1) is 11.9. The van der Waals surface area contributed by atoms with Crippen molar-refractivity contribution in [3.8, 4) is 5.75 Å². The summed E-state index contributed by atoms with van der Waals surface area (Å²) in [5.74, 6) is 0.775. The minimum Gasteiger partial charge on any atom is -0.492 e. The van der Waals surface area contributed by atoms with Crippen molar-refractivity contribution in [1.29, 1.82) is 0 Å². The van der Waals surface area contributed by atoms with E-state index in [2.05, 4.69) is 4.72 Å². The van der Waals surface area contributed by atoms with Crippen molar-refractivity contribution in [2.75, 3.05) is 27.2 Å². The summed E-state index contributed by atoms with van der Waals surface area (Å²) in [5, 5.41) is 1.18. The number of hydrogen-bond acceptors (Lipinski definition) is 4. The number of likely N-dealkylation sites (N-methyl/N-ethyl adjacent to an activating group) is 1. The van der Waals surface area contributed by atoms with Gasteiger partial charge in [-0.25, -0.2) is 13.1 Å². The molecule has 0 aromatic heterocycles. The van der Waals surface area contributed by atoms with Crippen molar-refractivity contribution < 1.29 is 13.2 Å². The fourth-order valence-electron chi connectivity index (χ4n) is 2.01. The molecule has 0 aliphatic carbocycles. The van der Waals surface area contributed by atoms with E-state index < -0.39 is 10.0 Å². The summed E-state index contributed by atoms with van der Waals surface area (Å²) in [5.41, 5.74) is 1.71. The number of sulfonamides is 1. The normalized spacial score (nSPS) is 12.0. The lowest BCUT2D eigenvalue weighted by Crippen LogP contribution is -2.20. The lowest BCUT2D eigenvalue weighted by atomic mass is 10.2. The highest BCUT2D eigenvalue weighted by atomic mass is 32.2. The van der Waals surface area contributed by atoms with Gasteiger partial charge in [-0.3, -0.25) is 0 Å². The Kier molecular flexibility index (Phi) is 7.18. The fourth-order valence-corrected chi connectivity index (χ4v) is 2.81. The van der Waals surface area contributed by atoms with Gasteiger partial charge in [0, 0.05) is 18.5 Å². The second kappa shape index (κ2) is 9.36. The van der Waals surface area contributed by atoms with Gasteiger partial charge < -0.3 is 9.64 Å². The van der Waals surface area contributed by atoms with E-state index in [1.54, 1.807) is 6.08 Å². The number of benzene rings is 2. The molecule has 2 rings (SSSR count). The van der Waals surface area contributed by atoms with Gasteiger partial charge in [-0.2, -0.15) is 0 Å². The van der Waals surface area contributed by atoms with Gasteiger partial charge in [-0.15, -0.1) is 0 Å². The van der Waals surface area contributed by atoms with E-state index in [1.807, 2.05) is 73.6 Å². The minimum atomic E-state index is -3.48. The predicted octanol–water partition coefficient (Wildman–Crippen LogP) is 2.72. The van der Waals surface area contributed by atoms with E-state index in [0.29, 0.717) is 6.61 Å². The number of hydrogen-bond donors (Lipinski definition) is 1. The van der Waals surface area contributed by atoms with Crippen molar-refractivity contribution in [3.63, 3.8) is 0 Å². The summed E-state index contributed by atoms with van der Waals surface area (Å²) in [6.07, 6.45) is 1.57. The van der Waals surface area contributed by atoms with Gasteiger partial charge in [0.25, 0.3) is 0 Å². The second-order valence-electron chi connectivity index (χ2n) is 5.88. The van der Waals surface area contributed by atoms with E-state index in [9.17, 15) is 8.42 Å². The van der Waals surface area contributed by atoms with Crippen LogP contribution in [0.15, 0.2) is 60.0 Å². The second-order valence-corrected chi connectivity index (χ2v) is 7.53. The topological polar surface area (TPSA) is 58.6 Å². The molecule has 2 aromatic rings. The van der Waals surface area contributed by atoms with Gasteiger partial charge in [-0.05, 0) is 43.4 Å². The summed E-state index contributed by atoms with van der Waals surface area (Å²) in [6, 6.07) is 16.7. The average Bonchev–Trinajstić information content (AvgIpc) is 2.60. The Labute approximate surface area is 150 Å². The molecule has 1 N–H and O–H groups in total. The first-order valence-electron chi connectivity index (χ1n) is 8.04. The lowest BCUT2D eigenvalue weighted by molar-refractivity contribution is 0.261. The molecule has 0 unspecified atom stereocenters. The molecule has 134 valence electrons. The largest absolute Gasteiger partial charge is 0.492 e. The van der Waals surface area contributed by atoms with Crippen LogP contribution in [0.5, 0.6) is 5.75 Å². The number of ether oxygens (including phenoxy) is 1. The van der Waals surface area contributed by atoms with Crippen LogP contribution in [0.3, 0.4) is 0 Å². The van der Waals surface area contributed by atoms with Gasteiger partial charge in [0.15, 0.2) is 0 Å². The lowest BCUT2D eigenvalue weighted by Gasteiger charge is -2.11. The number of nitrogens with one attached hydrogen (secondary N) is 1. The first kappa shape index (κ1) is 19.2. The molecule has 25 heavy (non-hydrogen) atoms. The highest BCUT2D eigenvalue weighted by Crippen LogP contribution is 2.12. The van der Waals surface area contributed by atoms with Crippen LogP contribution in [-0.4, -0.2) is 40.6 Å². The zero-order chi connectivity index (χ0) is 18.1. The maximum absolute atomic E-state index is 12.0. The summed E-state index contributed by atoms with van der Waals surface area (Å²) in [7, 11) is 0.503. The van der Waals surface area contributed by atoms with Gasteiger partial charge in [0.05, 0.1) is 0 Å². The van der Waals surface area contributed by atoms with E-state index in [4.69, 9.17) is 4.74 Å². The molecule has 0 fully saturated rings. The van der Waals surface area contributed by atoms with Crippen molar-refractivity contribution in [3.05, 3.63) is 71.1 Å². The summed E-state index contributed by atoms with van der Waals surface area (Å²) in [4.78, 5) is 2.05. The first-order valence-corrected chi connectivity index (χ1v) is 9.58. The highest BCUT2D eigenvalue weighted by molar-refractivity contribution is 7.92. The van der Waals surface area contributed by atoms with Crippen LogP contribution in [0.1, 0.15) is 11.1 Å². The van der Waals surface area contributed by atoms with Gasteiger partial charge >= 0.3 is 0 Å². The van der Waals surface area contributed by atoms with Crippen molar-refractivity contribution in [1.82, 2.24) is 9.62 Å². The van der Waals surface area contributed by atoms with Crippen LogP contribution in [0.4, 0.5) is 0 Å². The molecule has 6 heteroatoms. The monoisotopic (exact) mass is 360 g/mol. The van der Waals surface area contributed by atoms with Gasteiger partial charge in [0.2, 0.25) is 10.0 Å². The van der Waals surface area contributed by atoms with E-state index >= 15 is 0 Å². The van der Waals surface area contributed by atoms with Crippen molar-refractivity contribution in [2.24, 2.45) is 0 Å². The van der Waals surface area contributed by atoms with Crippen LogP contribution < -0.4 is 9.46 Å². The maximum Gasteiger partial charge on any atom is 0.234 e. The molecule has 0 amide bonds. The van der Waals surface area contributed by atoms with Crippen molar-refractivity contribution in [2.45, 2.75) is 6.54 Å². The summed E-state index contributed by atoms with van der Waals surface area (Å²) >= 11 is 0. The fraction of sp³-hybridized carbons (Fsp3) is 0.263. The van der Waals surface area contributed by atoms with Crippen LogP contribution in [0, 0.1) is 0 Å². The SMILES string of the molecule is CN(C)CCOc1ccc(CNS(=O)(=O)/C=C/c2ccccc2)cc1. The van der Waals surface area contributed by atoms with Crippen LogP contribution in [-0.2, 0) is 16.6 Å². The highest BCUT2D eigenvalue weighted by Gasteiger charge is 2.05. The molecule has 0 radical (unpaired) electrons. The molecule has 0 atom stereocenters. The minimum absolute atomic E-state index is 0.236. The summed E-state index contributed by atoms with van der Waals surface area (Å²) in [6.45, 7) is 1.69. The number of rotatable bonds is 9. The van der Waals surface area contributed by atoms with Gasteiger partial charge in [0.1, 0.15) is 12.4 Å². The molecule has 0 bridgehead atoms. The molecule has 0 aliphatic rings. The molecule has 5 nitrogen and oxygen atoms in total. The Hall–Kier alpha value is -2.15. The zero-order valence-electron chi connectivity index (χ0n) is 14.6. The Morgan fingerprint density at radius 2 is 1.72 bits per heavy atom. The molecular formula is C19H24N2O3S. The molecule has 0 saturated heterocycles. The smallest absolute Gasteiger partial charge is 0.234 e. The molecule has 0 aliphatic heterocycles. The third-order valence-electron chi connectivity index (χ3n) is 3.45. The Morgan fingerprint density at radius 1 is 1.04 bits per heavy atom. The zero-order valence-corrected chi connectivity index (χ0v) is 15.4. The number of nitrogens with zero attached hydrogens (tertiary/aromatic N) is 1. The Balaban J connectivity index is 1.84. The van der Waals surface area contributed by atoms with Crippen molar-refractivity contribution >= 4 is 16.1 Å². The van der Waals surface area contributed by atoms with Crippen LogP contribution >= 0.6 is 0 Å². The van der Waals surface area contributed by atoms with Crippen LogP contribution in [0.25, 0.3) is 6.08 Å². The van der Waals surface area contributed by atoms with E-state index in [-0.39, 0.29) is 6.54 Å². The average molecular weight is 360 g/mol. The maximum atomic E-state index is 12.0. The van der Waals surface area contributed by atoms with E-state index in [1.165, 1.54) is 5.41 Å².